The number of phenolic OH excluding ortho intramolecular Hbond substituents is 1. The molecule has 2 N–H and O–H groups in total. The summed E-state index contributed by atoms with van der Waals surface area (Å²) in [6.07, 6.45) is 9.08. The van der Waals surface area contributed by atoms with Crippen LogP contribution in [0.1, 0.15) is 30.0 Å². The van der Waals surface area contributed by atoms with Crippen molar-refractivity contribution in [2.24, 2.45) is 0 Å². The Kier molecular flexibility index (Phi) is 3.51. The van der Waals surface area contributed by atoms with Crippen LogP contribution >= 0.6 is 0 Å². The van der Waals surface area contributed by atoms with Gasteiger partial charge in [0, 0.05) is 31.5 Å². The fraction of sp³-hybridized carbons (Fsp3) is 0.400. The Hall–Kier alpha value is -1.81. The molecule has 1 heterocycles. The highest BCUT2D eigenvalue weighted by Gasteiger charge is 2.19. The summed E-state index contributed by atoms with van der Waals surface area (Å²) >= 11 is 0. The number of aromatic hydroxyl groups is 1. The largest absolute Gasteiger partial charge is 0.508 e. The van der Waals surface area contributed by atoms with E-state index in [9.17, 15) is 5.11 Å². The average molecular weight is 257 g/mol. The van der Waals surface area contributed by atoms with E-state index in [2.05, 4.69) is 14.9 Å². The lowest BCUT2D eigenvalue weighted by molar-refractivity contribution is 0.437. The lowest BCUT2D eigenvalue weighted by Gasteiger charge is -2.26. The molecule has 19 heavy (non-hydrogen) atoms. The van der Waals surface area contributed by atoms with Crippen LogP contribution in [-0.4, -0.2) is 21.2 Å². The molecule has 4 nitrogen and oxygen atoms in total. The van der Waals surface area contributed by atoms with Crippen molar-refractivity contribution in [2.75, 3.05) is 6.54 Å². The summed E-state index contributed by atoms with van der Waals surface area (Å²) in [5, 5.41) is 13.2. The molecular weight excluding hydrogens is 238 g/mol. The fourth-order valence-corrected chi connectivity index (χ4v) is 2.79. The number of hydrogen-bond donors (Lipinski definition) is 2. The van der Waals surface area contributed by atoms with E-state index in [1.54, 1.807) is 12.3 Å². The zero-order valence-corrected chi connectivity index (χ0v) is 10.9. The number of nitrogens with zero attached hydrogens (tertiary/aromatic N) is 2. The van der Waals surface area contributed by atoms with E-state index >= 15 is 0 Å². The number of imidazole rings is 1. The number of nitrogens with one attached hydrogen (secondary N) is 1. The van der Waals surface area contributed by atoms with Crippen LogP contribution in [0.15, 0.2) is 36.9 Å². The van der Waals surface area contributed by atoms with Crippen LogP contribution in [0.2, 0.25) is 0 Å². The van der Waals surface area contributed by atoms with Gasteiger partial charge in [-0.15, -0.1) is 0 Å². The smallest absolute Gasteiger partial charge is 0.115 e. The van der Waals surface area contributed by atoms with Crippen molar-refractivity contribution < 1.29 is 5.11 Å². The molecule has 0 aliphatic heterocycles. The van der Waals surface area contributed by atoms with Crippen LogP contribution in [0.25, 0.3) is 0 Å². The second-order valence-electron chi connectivity index (χ2n) is 5.08. The normalized spacial score (nSPS) is 18.2. The number of phenols is 1. The molecule has 4 heteroatoms. The van der Waals surface area contributed by atoms with Crippen LogP contribution in [0.4, 0.5) is 0 Å². The van der Waals surface area contributed by atoms with Crippen LogP contribution in [0, 0.1) is 0 Å². The van der Waals surface area contributed by atoms with Crippen LogP contribution in [0.3, 0.4) is 0 Å². The highest BCUT2D eigenvalue weighted by Crippen LogP contribution is 2.31. The van der Waals surface area contributed by atoms with Gasteiger partial charge in [-0.1, -0.05) is 6.07 Å². The molecule has 1 aromatic heterocycles. The maximum atomic E-state index is 9.64. The van der Waals surface area contributed by atoms with Gasteiger partial charge in [-0.2, -0.15) is 0 Å². The molecule has 1 aliphatic rings. The molecule has 1 atom stereocenters. The first-order chi connectivity index (χ1) is 9.33. The summed E-state index contributed by atoms with van der Waals surface area (Å²) in [4.78, 5) is 4.04. The van der Waals surface area contributed by atoms with Gasteiger partial charge in [-0.25, -0.2) is 4.98 Å². The van der Waals surface area contributed by atoms with Crippen molar-refractivity contribution in [3.63, 3.8) is 0 Å². The Morgan fingerprint density at radius 3 is 3.21 bits per heavy atom. The van der Waals surface area contributed by atoms with Crippen LogP contribution < -0.4 is 5.32 Å². The van der Waals surface area contributed by atoms with E-state index in [-0.39, 0.29) is 0 Å². The average Bonchev–Trinajstić information content (AvgIpc) is 2.92. The molecule has 0 saturated carbocycles. The molecule has 2 aromatic rings. The van der Waals surface area contributed by atoms with Gasteiger partial charge in [-0.3, -0.25) is 0 Å². The summed E-state index contributed by atoms with van der Waals surface area (Å²) in [6.45, 7) is 1.83. The number of aryl methyl sites for hydroxylation is 1. The van der Waals surface area contributed by atoms with Gasteiger partial charge in [0.25, 0.3) is 0 Å². The molecule has 1 aliphatic carbocycles. The first-order valence-electron chi connectivity index (χ1n) is 6.84. The Labute approximate surface area is 113 Å². The molecule has 0 fully saturated rings. The second kappa shape index (κ2) is 5.45. The predicted molar refractivity (Wildman–Crippen MR) is 74.0 cm³/mol. The highest BCUT2D eigenvalue weighted by atomic mass is 16.3. The zero-order valence-electron chi connectivity index (χ0n) is 10.9. The molecule has 0 radical (unpaired) electrons. The molecule has 3 rings (SSSR count). The van der Waals surface area contributed by atoms with Gasteiger partial charge in [0.15, 0.2) is 0 Å². The third kappa shape index (κ3) is 2.79. The van der Waals surface area contributed by atoms with Crippen molar-refractivity contribution in [2.45, 2.75) is 31.8 Å². The minimum absolute atomic E-state index is 0.361. The van der Waals surface area contributed by atoms with Crippen molar-refractivity contribution >= 4 is 0 Å². The van der Waals surface area contributed by atoms with E-state index in [0.29, 0.717) is 11.8 Å². The third-order valence-corrected chi connectivity index (χ3v) is 3.76. The van der Waals surface area contributed by atoms with Gasteiger partial charge in [0.1, 0.15) is 5.75 Å². The van der Waals surface area contributed by atoms with Gasteiger partial charge in [0.05, 0.1) is 6.33 Å². The van der Waals surface area contributed by atoms with Crippen molar-refractivity contribution in [3.05, 3.63) is 48.0 Å². The summed E-state index contributed by atoms with van der Waals surface area (Å²) in [5.74, 6) is 0.363. The van der Waals surface area contributed by atoms with E-state index < -0.39 is 0 Å². The summed E-state index contributed by atoms with van der Waals surface area (Å²) in [7, 11) is 0. The molecule has 0 saturated heterocycles. The minimum Gasteiger partial charge on any atom is -0.508 e. The highest BCUT2D eigenvalue weighted by molar-refractivity contribution is 5.38. The van der Waals surface area contributed by atoms with Gasteiger partial charge in [0.2, 0.25) is 0 Å². The van der Waals surface area contributed by atoms with Crippen molar-refractivity contribution in [1.29, 1.82) is 0 Å². The minimum atomic E-state index is 0.361. The fourth-order valence-electron chi connectivity index (χ4n) is 2.79. The molecular formula is C15H19N3O. The first-order valence-corrected chi connectivity index (χ1v) is 6.84. The lowest BCUT2D eigenvalue weighted by Crippen LogP contribution is -2.28. The number of aromatic nitrogens is 2. The number of rotatable bonds is 4. The Balaban J connectivity index is 1.64. The van der Waals surface area contributed by atoms with E-state index in [1.807, 2.05) is 24.7 Å². The maximum Gasteiger partial charge on any atom is 0.115 e. The maximum absolute atomic E-state index is 9.64. The lowest BCUT2D eigenvalue weighted by atomic mass is 9.87. The molecule has 0 bridgehead atoms. The van der Waals surface area contributed by atoms with Crippen molar-refractivity contribution in [1.82, 2.24) is 14.9 Å². The van der Waals surface area contributed by atoms with E-state index in [0.717, 1.165) is 25.9 Å². The Morgan fingerprint density at radius 1 is 1.42 bits per heavy atom. The van der Waals surface area contributed by atoms with Gasteiger partial charge >= 0.3 is 0 Å². The van der Waals surface area contributed by atoms with Gasteiger partial charge in [-0.05, 0) is 42.5 Å². The molecule has 0 spiro atoms. The third-order valence-electron chi connectivity index (χ3n) is 3.76. The number of fused-ring (bicyclic) bond motifs is 1. The van der Waals surface area contributed by atoms with Crippen LogP contribution in [-0.2, 0) is 13.0 Å². The first kappa shape index (κ1) is 12.2. The van der Waals surface area contributed by atoms with E-state index in [4.69, 9.17) is 0 Å². The predicted octanol–water partition coefficient (Wildman–Crippen LogP) is 2.26. The summed E-state index contributed by atoms with van der Waals surface area (Å²) in [5.41, 5.74) is 2.63. The molecule has 1 unspecified atom stereocenters. The Bertz CT molecular complexity index is 536. The number of hydrogen-bond acceptors (Lipinski definition) is 3. The zero-order chi connectivity index (χ0) is 13.1. The monoisotopic (exact) mass is 257 g/mol. The van der Waals surface area contributed by atoms with Crippen LogP contribution in [0.5, 0.6) is 5.75 Å². The second-order valence-corrected chi connectivity index (χ2v) is 5.08. The van der Waals surface area contributed by atoms with E-state index in [1.165, 1.54) is 17.5 Å². The SMILES string of the molecule is Oc1ccc2c(c1)C(NCCn1ccnc1)CCC2. The topological polar surface area (TPSA) is 50.1 Å². The van der Waals surface area contributed by atoms with Crippen molar-refractivity contribution in [3.8, 4) is 5.75 Å². The molecule has 1 aromatic carbocycles. The molecule has 100 valence electrons. The molecule has 0 amide bonds. The summed E-state index contributed by atoms with van der Waals surface area (Å²) in [6, 6.07) is 6.10. The number of benzene rings is 1. The quantitative estimate of drug-likeness (QED) is 0.883. The van der Waals surface area contributed by atoms with Gasteiger partial charge < -0.3 is 15.0 Å². The standard InChI is InChI=1S/C15H19N3O/c19-13-5-4-12-2-1-3-15(14(12)10-13)17-7-9-18-8-6-16-11-18/h4-6,8,10-11,15,17,19H,1-3,7,9H2. The summed E-state index contributed by atoms with van der Waals surface area (Å²) < 4.78 is 2.07. The Morgan fingerprint density at radius 2 is 2.37 bits per heavy atom.